The molecule has 47 heavy (non-hydrogen) atoms. The van der Waals surface area contributed by atoms with Gasteiger partial charge in [0.1, 0.15) is 12.1 Å². The third kappa shape index (κ3) is 7.45. The number of ether oxygens (including phenoxy) is 2. The highest BCUT2D eigenvalue weighted by atomic mass is 19.1. The summed E-state index contributed by atoms with van der Waals surface area (Å²) in [6.07, 6.45) is 7.22. The summed E-state index contributed by atoms with van der Waals surface area (Å²) in [5, 5.41) is 3.70. The van der Waals surface area contributed by atoms with Crippen LogP contribution in [-0.4, -0.2) is 89.1 Å². The van der Waals surface area contributed by atoms with E-state index in [1.165, 1.54) is 6.07 Å². The zero-order chi connectivity index (χ0) is 33.2. The van der Waals surface area contributed by atoms with Crippen LogP contribution < -0.4 is 5.32 Å². The number of benzene rings is 2. The Hall–Kier alpha value is -3.60. The van der Waals surface area contributed by atoms with E-state index in [9.17, 15) is 14.4 Å². The van der Waals surface area contributed by atoms with Crippen molar-refractivity contribution in [2.24, 2.45) is 13.0 Å². The number of aldehydes is 1. The highest BCUT2D eigenvalue weighted by Gasteiger charge is 2.40. The number of likely N-dealkylation sites (tertiary alicyclic amines) is 1. The molecule has 0 radical (unpaired) electrons. The number of anilines is 1. The summed E-state index contributed by atoms with van der Waals surface area (Å²) in [5.41, 5.74) is 2.82. The minimum absolute atomic E-state index is 0.0756. The van der Waals surface area contributed by atoms with Gasteiger partial charge < -0.3 is 29.1 Å². The number of rotatable bonds is 9. The molecule has 3 fully saturated rings. The lowest BCUT2D eigenvalue weighted by atomic mass is 9.88. The Morgan fingerprint density at radius 2 is 1.79 bits per heavy atom. The van der Waals surface area contributed by atoms with Gasteiger partial charge in [0.2, 0.25) is 5.91 Å². The Morgan fingerprint density at radius 3 is 2.51 bits per heavy atom. The summed E-state index contributed by atoms with van der Waals surface area (Å²) in [6, 6.07) is 10.7. The van der Waals surface area contributed by atoms with Crippen LogP contribution in [0, 0.1) is 18.7 Å². The molecule has 1 aromatic heterocycles. The fraction of sp³-hybridized carbons (Fsp3) is 0.541. The zero-order valence-corrected chi connectivity index (χ0v) is 27.9. The molecule has 2 aromatic carbocycles. The van der Waals surface area contributed by atoms with E-state index in [0.717, 1.165) is 62.4 Å². The van der Waals surface area contributed by atoms with E-state index in [2.05, 4.69) is 24.1 Å². The first-order valence-corrected chi connectivity index (χ1v) is 17.0. The summed E-state index contributed by atoms with van der Waals surface area (Å²) in [4.78, 5) is 42.7. The van der Waals surface area contributed by atoms with Crippen molar-refractivity contribution >= 4 is 34.7 Å². The predicted molar refractivity (Wildman–Crippen MR) is 179 cm³/mol. The Morgan fingerprint density at radius 1 is 1.06 bits per heavy atom. The molecule has 3 aromatic rings. The maximum atomic E-state index is 15.6. The second-order valence-corrected chi connectivity index (χ2v) is 13.9. The number of carbonyl (C=O) groups is 3. The van der Waals surface area contributed by atoms with Gasteiger partial charge in [0.15, 0.2) is 0 Å². The number of hydrogen-bond donors (Lipinski definition) is 1. The summed E-state index contributed by atoms with van der Waals surface area (Å²) in [7, 11) is 1.89. The van der Waals surface area contributed by atoms with Gasteiger partial charge in [-0.25, -0.2) is 4.39 Å². The Balaban J connectivity index is 1.15. The van der Waals surface area contributed by atoms with Gasteiger partial charge in [-0.05, 0) is 76.1 Å². The number of aryl methyl sites for hydroxylation is 2. The van der Waals surface area contributed by atoms with Gasteiger partial charge in [-0.2, -0.15) is 0 Å². The molecule has 0 unspecified atom stereocenters. The van der Waals surface area contributed by atoms with Crippen LogP contribution in [0.4, 0.5) is 10.1 Å². The van der Waals surface area contributed by atoms with Crippen LogP contribution in [0.5, 0.6) is 0 Å². The predicted octanol–water partition coefficient (Wildman–Crippen LogP) is 5.27. The maximum Gasteiger partial charge on any atom is 0.257 e. The first-order valence-electron chi connectivity index (χ1n) is 17.0. The second-order valence-electron chi connectivity index (χ2n) is 13.9. The van der Waals surface area contributed by atoms with Crippen molar-refractivity contribution in [3.8, 4) is 0 Å². The van der Waals surface area contributed by atoms with Gasteiger partial charge in [0.05, 0.1) is 42.9 Å². The SMILES string of the molecule is Cc1cc(CC(=O)N2C[C@@H](N3C[C@@H](C)O[C@@H](C)C3)C[C@H]2COC2CCC(C=O)CC2)c(F)cc1NC(=O)c1cn(C)c2ccccc12. The van der Waals surface area contributed by atoms with E-state index < -0.39 is 5.82 Å². The molecule has 9 nitrogen and oxygen atoms in total. The molecule has 3 heterocycles. The van der Waals surface area contributed by atoms with E-state index in [1.807, 2.05) is 47.7 Å². The number of halogens is 1. The van der Waals surface area contributed by atoms with Crippen LogP contribution in [0.2, 0.25) is 0 Å². The molecule has 10 heteroatoms. The minimum Gasteiger partial charge on any atom is -0.376 e. The summed E-state index contributed by atoms with van der Waals surface area (Å²) >= 11 is 0. The largest absolute Gasteiger partial charge is 0.376 e. The molecular formula is C37H47FN4O5. The van der Waals surface area contributed by atoms with Gasteiger partial charge in [-0.1, -0.05) is 24.3 Å². The number of para-hydroxylation sites is 1. The van der Waals surface area contributed by atoms with Crippen LogP contribution >= 0.6 is 0 Å². The number of amides is 2. The standard InChI is InChI=1S/C37H47FN4O5/c1-23-13-27(33(38)16-34(23)39-37(45)32-20-40(4)35-8-6-5-7-31(32)35)14-36(44)42-19-28(41-17-24(2)47-25(3)18-41)15-29(42)22-46-30-11-9-26(21-43)10-12-30/h5-8,13,16,20-21,24-26,28-30H,9-12,14-15,17-19,22H2,1-4H3,(H,39,45)/t24-,25+,26?,28-,29-,30?/m0/s1. The quantitative estimate of drug-likeness (QED) is 0.319. The van der Waals surface area contributed by atoms with Crippen LogP contribution in [0.1, 0.15) is 67.4 Å². The van der Waals surface area contributed by atoms with E-state index in [0.29, 0.717) is 35.5 Å². The van der Waals surface area contributed by atoms with Crippen LogP contribution in [-0.2, 0) is 32.5 Å². The van der Waals surface area contributed by atoms with Crippen LogP contribution in [0.3, 0.4) is 0 Å². The van der Waals surface area contributed by atoms with Crippen molar-refractivity contribution in [1.29, 1.82) is 0 Å². The van der Waals surface area contributed by atoms with Crippen molar-refractivity contribution < 1.29 is 28.2 Å². The van der Waals surface area contributed by atoms with E-state index in [1.54, 1.807) is 12.3 Å². The zero-order valence-electron chi connectivity index (χ0n) is 27.9. The molecule has 252 valence electrons. The van der Waals surface area contributed by atoms with E-state index >= 15 is 4.39 Å². The first-order chi connectivity index (χ1) is 22.6. The number of nitrogens with zero attached hydrogens (tertiary/aromatic N) is 3. The molecule has 1 aliphatic carbocycles. The first kappa shape index (κ1) is 33.3. The normalized spacial score (nSPS) is 26.9. The number of nitrogens with one attached hydrogen (secondary N) is 1. The van der Waals surface area contributed by atoms with Crippen LogP contribution in [0.15, 0.2) is 42.6 Å². The lowest BCUT2D eigenvalue weighted by Gasteiger charge is -2.38. The molecule has 6 rings (SSSR count). The molecule has 0 bridgehead atoms. The van der Waals surface area contributed by atoms with Gasteiger partial charge in [-0.15, -0.1) is 0 Å². The Bertz CT molecular complexity index is 1610. The maximum absolute atomic E-state index is 15.6. The number of hydrogen-bond acceptors (Lipinski definition) is 6. The third-order valence-corrected chi connectivity index (χ3v) is 10.2. The topological polar surface area (TPSA) is 93.1 Å². The Kier molecular flexibility index (Phi) is 10.1. The van der Waals surface area contributed by atoms with Crippen molar-refractivity contribution in [1.82, 2.24) is 14.4 Å². The molecule has 0 spiro atoms. The van der Waals surface area contributed by atoms with Gasteiger partial charge in [-0.3, -0.25) is 14.5 Å². The smallest absolute Gasteiger partial charge is 0.257 e. The lowest BCUT2D eigenvalue weighted by Crippen LogP contribution is -2.51. The van der Waals surface area contributed by atoms with Crippen LogP contribution in [0.25, 0.3) is 10.9 Å². The minimum atomic E-state index is -0.525. The molecule has 2 amide bonds. The van der Waals surface area contributed by atoms with Crippen molar-refractivity contribution in [3.63, 3.8) is 0 Å². The number of morpholine rings is 1. The average molecular weight is 647 g/mol. The molecule has 1 saturated carbocycles. The fourth-order valence-corrected chi connectivity index (χ4v) is 7.76. The number of aromatic nitrogens is 1. The molecular weight excluding hydrogens is 599 g/mol. The summed E-state index contributed by atoms with van der Waals surface area (Å²) in [6.45, 7) is 8.57. The van der Waals surface area contributed by atoms with E-state index in [4.69, 9.17) is 9.47 Å². The number of fused-ring (bicyclic) bond motifs is 1. The Labute approximate surface area is 276 Å². The molecule has 2 aliphatic heterocycles. The third-order valence-electron chi connectivity index (χ3n) is 10.2. The number of carbonyl (C=O) groups excluding carboxylic acids is 3. The summed E-state index contributed by atoms with van der Waals surface area (Å²) < 4.78 is 29.8. The molecule has 2 saturated heterocycles. The van der Waals surface area contributed by atoms with Crippen molar-refractivity contribution in [3.05, 3.63) is 65.1 Å². The summed E-state index contributed by atoms with van der Waals surface area (Å²) in [5.74, 6) is -0.856. The van der Waals surface area contributed by atoms with Crippen molar-refractivity contribution in [2.45, 2.75) is 89.7 Å². The van der Waals surface area contributed by atoms with Crippen molar-refractivity contribution in [2.75, 3.05) is 31.6 Å². The van der Waals surface area contributed by atoms with Gasteiger partial charge in [0, 0.05) is 61.4 Å². The highest BCUT2D eigenvalue weighted by Crippen LogP contribution is 2.30. The monoisotopic (exact) mass is 646 g/mol. The molecule has 3 aliphatic rings. The molecule has 4 atom stereocenters. The van der Waals surface area contributed by atoms with Gasteiger partial charge in [0.25, 0.3) is 5.91 Å². The molecule has 1 N–H and O–H groups in total. The second kappa shape index (κ2) is 14.3. The average Bonchev–Trinajstić information content (AvgIpc) is 3.64. The van der Waals surface area contributed by atoms with E-state index in [-0.39, 0.29) is 54.5 Å². The lowest BCUT2D eigenvalue weighted by molar-refractivity contribution is -0.133. The highest BCUT2D eigenvalue weighted by molar-refractivity contribution is 6.13. The van der Waals surface area contributed by atoms with Gasteiger partial charge >= 0.3 is 0 Å². The fourth-order valence-electron chi connectivity index (χ4n) is 7.76.